The molecule has 4 rings (SSSR count). The second-order valence-electron chi connectivity index (χ2n) is 5.67. The summed E-state index contributed by atoms with van der Waals surface area (Å²) in [5.74, 6) is 2.07. The molecule has 2 fully saturated rings. The smallest absolute Gasteiger partial charge is 0.310 e. The Balaban J connectivity index is 0.00000132. The van der Waals surface area contributed by atoms with Crippen molar-refractivity contribution in [2.24, 2.45) is 11.8 Å². The van der Waals surface area contributed by atoms with Gasteiger partial charge in [0.15, 0.2) is 11.5 Å². The summed E-state index contributed by atoms with van der Waals surface area (Å²) < 4.78 is 16.2. The molecule has 3 heterocycles. The van der Waals surface area contributed by atoms with Crippen LogP contribution >= 0.6 is 12.4 Å². The lowest BCUT2D eigenvalue weighted by atomic mass is 10.0. The third-order valence-electron chi connectivity index (χ3n) is 4.27. The van der Waals surface area contributed by atoms with Gasteiger partial charge in [0.2, 0.25) is 0 Å². The van der Waals surface area contributed by atoms with E-state index in [9.17, 15) is 4.79 Å². The highest BCUT2D eigenvalue weighted by molar-refractivity contribution is 5.85. The van der Waals surface area contributed by atoms with Gasteiger partial charge in [0, 0.05) is 25.6 Å². The van der Waals surface area contributed by atoms with E-state index >= 15 is 0 Å². The highest BCUT2D eigenvalue weighted by Crippen LogP contribution is 2.34. The van der Waals surface area contributed by atoms with Gasteiger partial charge in [-0.1, -0.05) is 6.07 Å². The van der Waals surface area contributed by atoms with Crippen LogP contribution in [0, 0.1) is 11.8 Å². The van der Waals surface area contributed by atoms with Crippen LogP contribution in [0.2, 0.25) is 0 Å². The molecule has 21 heavy (non-hydrogen) atoms. The average molecular weight is 312 g/mol. The van der Waals surface area contributed by atoms with Crippen LogP contribution in [-0.2, 0) is 16.1 Å². The number of ether oxygens (including phenoxy) is 3. The van der Waals surface area contributed by atoms with Gasteiger partial charge in [0.05, 0.1) is 12.5 Å². The van der Waals surface area contributed by atoms with Crippen LogP contribution in [0.5, 0.6) is 11.5 Å². The summed E-state index contributed by atoms with van der Waals surface area (Å²) >= 11 is 0. The van der Waals surface area contributed by atoms with Crippen molar-refractivity contribution in [3.8, 4) is 11.5 Å². The third kappa shape index (κ3) is 2.68. The second kappa shape index (κ2) is 5.73. The molecule has 0 saturated carbocycles. The van der Waals surface area contributed by atoms with Crippen molar-refractivity contribution >= 4 is 18.4 Å². The van der Waals surface area contributed by atoms with Crippen LogP contribution in [0.25, 0.3) is 0 Å². The van der Waals surface area contributed by atoms with E-state index in [0.29, 0.717) is 25.7 Å². The first-order chi connectivity index (χ1) is 9.79. The second-order valence-corrected chi connectivity index (χ2v) is 5.67. The van der Waals surface area contributed by atoms with Crippen molar-refractivity contribution < 1.29 is 19.0 Å². The molecule has 0 aromatic heterocycles. The predicted octanol–water partition coefficient (Wildman–Crippen LogP) is 1.48. The maximum Gasteiger partial charge on any atom is 0.310 e. The topological polar surface area (TPSA) is 48.0 Å². The number of carbonyl (C=O) groups excluding carboxylic acids is 1. The van der Waals surface area contributed by atoms with Crippen LogP contribution in [0.4, 0.5) is 0 Å². The highest BCUT2D eigenvalue weighted by Gasteiger charge is 2.43. The Kier molecular flexibility index (Phi) is 3.95. The summed E-state index contributed by atoms with van der Waals surface area (Å²) in [6.45, 7) is 4.39. The number of benzene rings is 1. The standard InChI is InChI=1S/C15H17NO4.ClH/c17-15-12-8-16(7-11(12)9-20-15)6-10-1-2-13-14(5-10)19-4-3-18-13;/h1-2,5,11-12H,3-4,6-9H2;1H/t11-,12-;/m1./s1. The molecule has 0 bridgehead atoms. The highest BCUT2D eigenvalue weighted by atomic mass is 35.5. The Hall–Kier alpha value is -1.46. The van der Waals surface area contributed by atoms with Gasteiger partial charge in [-0.05, 0) is 17.7 Å². The third-order valence-corrected chi connectivity index (χ3v) is 4.27. The molecule has 0 unspecified atom stereocenters. The van der Waals surface area contributed by atoms with Gasteiger partial charge in [0.1, 0.15) is 13.2 Å². The first kappa shape index (κ1) is 14.5. The zero-order chi connectivity index (χ0) is 13.5. The van der Waals surface area contributed by atoms with Crippen molar-refractivity contribution in [2.45, 2.75) is 6.54 Å². The molecule has 0 amide bonds. The molecule has 5 nitrogen and oxygen atoms in total. The van der Waals surface area contributed by atoms with E-state index in [1.807, 2.05) is 12.1 Å². The molecule has 0 N–H and O–H groups in total. The Morgan fingerprint density at radius 1 is 1.10 bits per heavy atom. The van der Waals surface area contributed by atoms with Crippen LogP contribution in [0.3, 0.4) is 0 Å². The van der Waals surface area contributed by atoms with E-state index in [-0.39, 0.29) is 24.3 Å². The minimum atomic E-state index is -0.0281. The lowest BCUT2D eigenvalue weighted by molar-refractivity contribution is -0.141. The molecule has 3 aliphatic heterocycles. The molecule has 3 aliphatic rings. The summed E-state index contributed by atoms with van der Waals surface area (Å²) in [4.78, 5) is 13.9. The summed E-state index contributed by atoms with van der Waals surface area (Å²) in [5.41, 5.74) is 1.20. The summed E-state index contributed by atoms with van der Waals surface area (Å²) in [5, 5.41) is 0. The minimum absolute atomic E-state index is 0. The van der Waals surface area contributed by atoms with Gasteiger partial charge in [-0.15, -0.1) is 12.4 Å². The Morgan fingerprint density at radius 3 is 2.71 bits per heavy atom. The number of likely N-dealkylation sites (tertiary alicyclic amines) is 1. The zero-order valence-electron chi connectivity index (χ0n) is 11.6. The van der Waals surface area contributed by atoms with Crippen molar-refractivity contribution in [1.29, 1.82) is 0 Å². The lowest BCUT2D eigenvalue weighted by Gasteiger charge is -2.21. The molecular weight excluding hydrogens is 294 g/mol. The number of cyclic esters (lactones) is 1. The quantitative estimate of drug-likeness (QED) is 0.774. The molecule has 2 atom stereocenters. The van der Waals surface area contributed by atoms with E-state index < -0.39 is 0 Å². The molecule has 1 aromatic rings. The van der Waals surface area contributed by atoms with Crippen LogP contribution in [0.1, 0.15) is 5.56 Å². The normalized spacial score (nSPS) is 27.0. The van der Waals surface area contributed by atoms with E-state index in [1.54, 1.807) is 0 Å². The number of nitrogens with zero attached hydrogens (tertiary/aromatic N) is 1. The Morgan fingerprint density at radius 2 is 1.90 bits per heavy atom. The number of hydrogen-bond donors (Lipinski definition) is 0. The lowest BCUT2D eigenvalue weighted by Crippen LogP contribution is -2.23. The SMILES string of the molecule is Cl.O=C1OC[C@H]2CN(Cc3ccc4c(c3)OCCO4)C[C@@H]12. The molecule has 6 heteroatoms. The maximum absolute atomic E-state index is 11.6. The van der Waals surface area contributed by atoms with E-state index in [0.717, 1.165) is 31.1 Å². The zero-order valence-corrected chi connectivity index (χ0v) is 12.4. The summed E-state index contributed by atoms with van der Waals surface area (Å²) in [6.07, 6.45) is 0. The molecular formula is C15H18ClNO4. The van der Waals surface area contributed by atoms with E-state index in [2.05, 4.69) is 11.0 Å². The molecule has 114 valence electrons. The van der Waals surface area contributed by atoms with Crippen molar-refractivity contribution in [2.75, 3.05) is 32.9 Å². The number of esters is 1. The molecule has 1 aromatic carbocycles. The largest absolute Gasteiger partial charge is 0.486 e. The van der Waals surface area contributed by atoms with E-state index in [1.165, 1.54) is 5.56 Å². The van der Waals surface area contributed by atoms with Crippen LogP contribution < -0.4 is 9.47 Å². The first-order valence-corrected chi connectivity index (χ1v) is 7.07. The van der Waals surface area contributed by atoms with Gasteiger partial charge in [-0.2, -0.15) is 0 Å². The molecule has 2 saturated heterocycles. The van der Waals surface area contributed by atoms with Crippen LogP contribution in [0.15, 0.2) is 18.2 Å². The van der Waals surface area contributed by atoms with Crippen molar-refractivity contribution in [3.63, 3.8) is 0 Å². The van der Waals surface area contributed by atoms with Crippen LogP contribution in [-0.4, -0.2) is 43.8 Å². The molecule has 0 spiro atoms. The summed E-state index contributed by atoms with van der Waals surface area (Å²) in [6, 6.07) is 6.08. The number of rotatable bonds is 2. The molecule has 0 radical (unpaired) electrons. The number of carbonyl (C=O) groups is 1. The van der Waals surface area contributed by atoms with E-state index in [4.69, 9.17) is 14.2 Å². The Labute approximate surface area is 129 Å². The Bertz CT molecular complexity index is 550. The van der Waals surface area contributed by atoms with Gasteiger partial charge in [-0.3, -0.25) is 9.69 Å². The maximum atomic E-state index is 11.6. The fraction of sp³-hybridized carbons (Fsp3) is 0.533. The first-order valence-electron chi connectivity index (χ1n) is 7.07. The fourth-order valence-corrected chi connectivity index (χ4v) is 3.27. The number of hydrogen-bond acceptors (Lipinski definition) is 5. The van der Waals surface area contributed by atoms with Crippen molar-refractivity contribution in [3.05, 3.63) is 23.8 Å². The average Bonchev–Trinajstić information content (AvgIpc) is 3.01. The number of halogens is 1. The van der Waals surface area contributed by atoms with Gasteiger partial charge in [-0.25, -0.2) is 0 Å². The van der Waals surface area contributed by atoms with Gasteiger partial charge >= 0.3 is 5.97 Å². The summed E-state index contributed by atoms with van der Waals surface area (Å²) in [7, 11) is 0. The predicted molar refractivity (Wildman–Crippen MR) is 77.9 cm³/mol. The van der Waals surface area contributed by atoms with Gasteiger partial charge in [0.25, 0.3) is 0 Å². The fourth-order valence-electron chi connectivity index (χ4n) is 3.27. The monoisotopic (exact) mass is 311 g/mol. The van der Waals surface area contributed by atoms with Crippen molar-refractivity contribution in [1.82, 2.24) is 4.90 Å². The number of fused-ring (bicyclic) bond motifs is 2. The minimum Gasteiger partial charge on any atom is -0.486 e. The molecule has 0 aliphatic carbocycles. The van der Waals surface area contributed by atoms with Gasteiger partial charge < -0.3 is 14.2 Å².